The number of aliphatic hydroxyl groups is 6. The third kappa shape index (κ3) is 5.26. The Kier molecular flexibility index (Phi) is 7.45. The highest BCUT2D eigenvalue weighted by molar-refractivity contribution is 7.97. The van der Waals surface area contributed by atoms with E-state index in [0.29, 0.717) is 0 Å². The molecule has 132 valence electrons. The summed E-state index contributed by atoms with van der Waals surface area (Å²) in [4.78, 5) is 0. The minimum Gasteiger partial charge on any atom is -0.726 e. The molecule has 10 nitrogen and oxygen atoms in total. The van der Waals surface area contributed by atoms with Crippen molar-refractivity contribution >= 4 is 21.3 Å². The minimum absolute atomic E-state index is 0.0389. The van der Waals surface area contributed by atoms with Gasteiger partial charge in [-0.1, -0.05) is 0 Å². The first-order valence-electron chi connectivity index (χ1n) is 6.35. The molecule has 0 aromatic rings. The van der Waals surface area contributed by atoms with Gasteiger partial charge in [-0.3, -0.25) is 4.18 Å². The molecule has 0 spiro atoms. The summed E-state index contributed by atoms with van der Waals surface area (Å²) in [7, 11) is -6.12. The number of rotatable bonds is 7. The molecule has 0 aromatic heterocycles. The summed E-state index contributed by atoms with van der Waals surface area (Å²) in [6, 6.07) is 0. The van der Waals surface area contributed by atoms with Crippen molar-refractivity contribution in [1.29, 1.82) is 0 Å². The molecule has 7 atom stereocenters. The van der Waals surface area contributed by atoms with E-state index in [0.717, 1.165) is 0 Å². The van der Waals surface area contributed by atoms with E-state index in [2.05, 4.69) is 4.18 Å². The van der Waals surface area contributed by atoms with Crippen LogP contribution in [0.15, 0.2) is 0 Å². The molecule has 1 saturated heterocycles. The summed E-state index contributed by atoms with van der Waals surface area (Å²) >= 11 is 0. The molecule has 1 aliphatic heterocycles. The van der Waals surface area contributed by atoms with Crippen molar-refractivity contribution in [3.63, 3.8) is 0 Å². The van der Waals surface area contributed by atoms with Crippen molar-refractivity contribution in [3.8, 4) is 0 Å². The van der Waals surface area contributed by atoms with Crippen LogP contribution in [0.3, 0.4) is 0 Å². The van der Waals surface area contributed by atoms with E-state index in [1.165, 1.54) is 0 Å². The maximum absolute atomic E-state index is 10.5. The summed E-state index contributed by atoms with van der Waals surface area (Å²) < 4.78 is 35.6. The Labute approximate surface area is 130 Å². The lowest BCUT2D eigenvalue weighted by Crippen LogP contribution is -2.59. The summed E-state index contributed by atoms with van der Waals surface area (Å²) in [5, 5.41) is 56.3. The Balaban J connectivity index is 2.77. The summed E-state index contributed by atoms with van der Waals surface area (Å²) in [5.41, 5.74) is 0. The first-order chi connectivity index (χ1) is 10.1. The van der Waals surface area contributed by atoms with Gasteiger partial charge in [0, 0.05) is 10.9 Å². The van der Waals surface area contributed by atoms with Gasteiger partial charge in [-0.2, -0.15) is 0 Å². The fourth-order valence-electron chi connectivity index (χ4n) is 2.19. The van der Waals surface area contributed by atoms with Crippen molar-refractivity contribution < 1.29 is 47.8 Å². The van der Waals surface area contributed by atoms with Gasteiger partial charge in [0.05, 0.1) is 13.2 Å². The zero-order chi connectivity index (χ0) is 17.1. The van der Waals surface area contributed by atoms with Gasteiger partial charge in [0.1, 0.15) is 42.0 Å². The third-order valence-corrected chi connectivity index (χ3v) is 6.66. The first kappa shape index (κ1) is 20.0. The number of hydrogen-bond acceptors (Lipinski definition) is 10. The van der Waals surface area contributed by atoms with Crippen LogP contribution >= 0.6 is 0 Å². The third-order valence-electron chi connectivity index (χ3n) is 3.35. The van der Waals surface area contributed by atoms with E-state index in [-0.39, 0.29) is 11.5 Å². The molecular weight excluding hydrogens is 344 g/mol. The van der Waals surface area contributed by atoms with Crippen LogP contribution in [0.5, 0.6) is 0 Å². The molecule has 0 bridgehead atoms. The standard InChI is InChI=1S/C10H20O10S2/c11-1-7(20-22(17,18)19)5(13)3-21-4-6(14)9(15)10(16)8(21)2-12/h5-16H,1-4H2/t5-,6-,7+,8+,9+,10+,21?/m0/s1. The van der Waals surface area contributed by atoms with E-state index >= 15 is 0 Å². The van der Waals surface area contributed by atoms with Gasteiger partial charge in [-0.15, -0.1) is 0 Å². The topological polar surface area (TPSA) is 188 Å². The fraction of sp³-hybridized carbons (Fsp3) is 1.00. The lowest BCUT2D eigenvalue weighted by molar-refractivity contribution is -0.0611. The van der Waals surface area contributed by atoms with Crippen molar-refractivity contribution in [2.45, 2.75) is 35.8 Å². The van der Waals surface area contributed by atoms with E-state index in [4.69, 9.17) is 5.11 Å². The lowest BCUT2D eigenvalue weighted by Gasteiger charge is -2.35. The highest BCUT2D eigenvalue weighted by Crippen LogP contribution is 2.25. The van der Waals surface area contributed by atoms with Gasteiger partial charge >= 0.3 is 0 Å². The minimum atomic E-state index is -5.13. The van der Waals surface area contributed by atoms with Crippen LogP contribution < -0.4 is 0 Å². The molecule has 1 rings (SSSR count). The molecule has 0 radical (unpaired) electrons. The van der Waals surface area contributed by atoms with Crippen LogP contribution in [0.4, 0.5) is 0 Å². The van der Waals surface area contributed by atoms with E-state index in [9.17, 15) is 38.5 Å². The Hall–Kier alpha value is -0.0200. The Morgan fingerprint density at radius 2 is 1.82 bits per heavy atom. The second-order valence-corrected chi connectivity index (χ2v) is 8.29. The average Bonchev–Trinajstić information content (AvgIpc) is 2.41. The van der Waals surface area contributed by atoms with Crippen LogP contribution in [-0.4, -0.2) is 104 Å². The van der Waals surface area contributed by atoms with Gasteiger partial charge in [-0.05, 0) is 0 Å². The maximum atomic E-state index is 10.5. The maximum Gasteiger partial charge on any atom is 0.218 e. The quantitative estimate of drug-likeness (QED) is 0.145. The molecule has 1 fully saturated rings. The summed E-state index contributed by atoms with van der Waals surface area (Å²) in [6.45, 7) is -1.46. The highest BCUT2D eigenvalue weighted by Gasteiger charge is 2.50. The van der Waals surface area contributed by atoms with Gasteiger partial charge in [0.15, 0.2) is 5.25 Å². The van der Waals surface area contributed by atoms with Crippen molar-refractivity contribution in [2.24, 2.45) is 0 Å². The molecule has 22 heavy (non-hydrogen) atoms. The van der Waals surface area contributed by atoms with Crippen molar-refractivity contribution in [2.75, 3.05) is 24.7 Å². The van der Waals surface area contributed by atoms with Gasteiger partial charge in [0.25, 0.3) is 0 Å². The monoisotopic (exact) mass is 364 g/mol. The van der Waals surface area contributed by atoms with E-state index in [1.807, 2.05) is 0 Å². The molecule has 0 aliphatic carbocycles. The fourth-order valence-corrected chi connectivity index (χ4v) is 5.36. The van der Waals surface area contributed by atoms with Crippen LogP contribution in [-0.2, 0) is 25.5 Å². The molecular formula is C10H20O10S2. The van der Waals surface area contributed by atoms with Crippen LogP contribution in [0.25, 0.3) is 0 Å². The average molecular weight is 364 g/mol. The van der Waals surface area contributed by atoms with E-state index in [1.54, 1.807) is 0 Å². The van der Waals surface area contributed by atoms with Crippen molar-refractivity contribution in [3.05, 3.63) is 0 Å². The zero-order valence-corrected chi connectivity index (χ0v) is 13.1. The SMILES string of the molecule is O=S(=O)([O-])O[C@H](CO)[C@@H](O)C[S+]1C[C@H](O)[C@@H](O)[C@H](O)[C@H]1CO. The highest BCUT2D eigenvalue weighted by atomic mass is 32.3. The smallest absolute Gasteiger partial charge is 0.218 e. The second kappa shape index (κ2) is 8.19. The Bertz CT molecular complexity index is 443. The van der Waals surface area contributed by atoms with Gasteiger partial charge in [0.2, 0.25) is 10.4 Å². The summed E-state index contributed by atoms with van der Waals surface area (Å²) in [5.74, 6) is -0.268. The normalized spacial score (nSPS) is 36.0. The molecule has 0 aromatic carbocycles. The summed E-state index contributed by atoms with van der Waals surface area (Å²) in [6.07, 6.45) is -7.38. The van der Waals surface area contributed by atoms with Crippen LogP contribution in [0, 0.1) is 0 Å². The predicted octanol–water partition coefficient (Wildman–Crippen LogP) is -4.74. The van der Waals surface area contributed by atoms with E-state index < -0.39 is 70.3 Å². The molecule has 6 N–H and O–H groups in total. The first-order valence-corrected chi connectivity index (χ1v) is 9.31. The molecule has 1 unspecified atom stereocenters. The van der Waals surface area contributed by atoms with Crippen LogP contribution in [0.1, 0.15) is 0 Å². The van der Waals surface area contributed by atoms with Gasteiger partial charge in [-0.25, -0.2) is 8.42 Å². The number of hydrogen-bond donors (Lipinski definition) is 6. The largest absolute Gasteiger partial charge is 0.726 e. The molecule has 0 amide bonds. The molecule has 1 aliphatic rings. The second-order valence-electron chi connectivity index (χ2n) is 4.93. The molecule has 1 heterocycles. The zero-order valence-electron chi connectivity index (χ0n) is 11.4. The number of aliphatic hydroxyl groups excluding tert-OH is 6. The predicted molar refractivity (Wildman–Crippen MR) is 73.7 cm³/mol. The van der Waals surface area contributed by atoms with Crippen molar-refractivity contribution in [1.82, 2.24) is 0 Å². The Morgan fingerprint density at radius 3 is 2.27 bits per heavy atom. The molecule has 12 heteroatoms. The Morgan fingerprint density at radius 1 is 1.23 bits per heavy atom. The van der Waals surface area contributed by atoms with Crippen LogP contribution in [0.2, 0.25) is 0 Å². The van der Waals surface area contributed by atoms with Gasteiger partial charge < -0.3 is 35.2 Å². The molecule has 0 saturated carbocycles. The lowest BCUT2D eigenvalue weighted by atomic mass is 10.1.